The van der Waals surface area contributed by atoms with E-state index < -0.39 is 0 Å². The molecule has 292 valence electrons. The van der Waals surface area contributed by atoms with E-state index in [9.17, 15) is 0 Å². The zero-order valence-corrected chi connectivity index (χ0v) is 34.6. The molecule has 1 aliphatic rings. The quantitative estimate of drug-likeness (QED) is 0.159. The molecule has 0 N–H and O–H groups in total. The molecule has 0 bridgehead atoms. The van der Waals surface area contributed by atoms with Gasteiger partial charge in [0.1, 0.15) is 5.82 Å². The molecule has 3 nitrogen and oxygen atoms in total. The molecule has 0 atom stereocenters. The zero-order valence-electron chi connectivity index (χ0n) is 33.8. The molecule has 62 heavy (non-hydrogen) atoms. The summed E-state index contributed by atoms with van der Waals surface area (Å²) in [7, 11) is 0. The van der Waals surface area contributed by atoms with Gasteiger partial charge < -0.3 is 4.90 Å². The molecule has 0 amide bonds. The van der Waals surface area contributed by atoms with E-state index in [1.807, 2.05) is 11.8 Å². The van der Waals surface area contributed by atoms with Crippen LogP contribution < -0.4 is 9.80 Å². The number of hydrogen-bond donors (Lipinski definition) is 0. The molecule has 1 aromatic heterocycles. The van der Waals surface area contributed by atoms with E-state index in [1.54, 1.807) is 0 Å². The van der Waals surface area contributed by atoms with E-state index >= 15 is 0 Å². The lowest BCUT2D eigenvalue weighted by atomic mass is 9.97. The Balaban J connectivity index is 1.10. The van der Waals surface area contributed by atoms with Gasteiger partial charge in [-0.3, -0.25) is 9.47 Å². The maximum Gasteiger partial charge on any atom is 0.137 e. The number of fused-ring (bicyclic) bond motifs is 6. The summed E-state index contributed by atoms with van der Waals surface area (Å²) in [6.45, 7) is 0. The first-order valence-electron chi connectivity index (χ1n) is 21.1. The predicted octanol–water partition coefficient (Wildman–Crippen LogP) is 16.7. The molecule has 0 unspecified atom stereocenters. The smallest absolute Gasteiger partial charge is 0.137 e. The fourth-order valence-electron chi connectivity index (χ4n) is 9.35. The average molecular weight is 810 g/mol. The SMILES string of the molecule is c1ccc(N2c3ccccc3Sc3c2n(-c2ccccc2)c2cccc(N(c4ccc(-c5cccc6ccccc56)cc4)c4ccc(-c5cccc6ccccc56)cc4)c32)cc1. The van der Waals surface area contributed by atoms with Crippen molar-refractivity contribution in [1.82, 2.24) is 4.57 Å². The van der Waals surface area contributed by atoms with Gasteiger partial charge in [0.25, 0.3) is 0 Å². The highest BCUT2D eigenvalue weighted by Crippen LogP contribution is 2.58. The van der Waals surface area contributed by atoms with Crippen molar-refractivity contribution in [2.24, 2.45) is 0 Å². The van der Waals surface area contributed by atoms with Crippen LogP contribution in [0.2, 0.25) is 0 Å². The second-order valence-corrected chi connectivity index (χ2v) is 16.8. The lowest BCUT2D eigenvalue weighted by Crippen LogP contribution is -2.17. The fraction of sp³-hybridized carbons (Fsp3) is 0. The Bertz CT molecular complexity index is 3300. The van der Waals surface area contributed by atoms with Gasteiger partial charge in [0.05, 0.1) is 21.8 Å². The van der Waals surface area contributed by atoms with Crippen LogP contribution in [-0.2, 0) is 0 Å². The molecule has 0 aliphatic carbocycles. The van der Waals surface area contributed by atoms with E-state index in [2.05, 4.69) is 251 Å². The summed E-state index contributed by atoms with van der Waals surface area (Å²) in [6.07, 6.45) is 0. The number of para-hydroxylation sites is 3. The highest BCUT2D eigenvalue weighted by molar-refractivity contribution is 8.00. The topological polar surface area (TPSA) is 11.4 Å². The van der Waals surface area contributed by atoms with Gasteiger partial charge in [-0.15, -0.1) is 0 Å². The van der Waals surface area contributed by atoms with Crippen LogP contribution in [0.3, 0.4) is 0 Å². The molecular formula is C58H39N3S. The number of benzene rings is 10. The molecule has 10 aromatic carbocycles. The second kappa shape index (κ2) is 15.0. The van der Waals surface area contributed by atoms with Crippen molar-refractivity contribution in [1.29, 1.82) is 0 Å². The summed E-state index contributed by atoms with van der Waals surface area (Å²) in [5.74, 6) is 1.13. The van der Waals surface area contributed by atoms with Crippen molar-refractivity contribution in [2.75, 3.05) is 9.80 Å². The molecule has 0 radical (unpaired) electrons. The van der Waals surface area contributed by atoms with E-state index in [-0.39, 0.29) is 0 Å². The van der Waals surface area contributed by atoms with Crippen molar-refractivity contribution < 1.29 is 0 Å². The Hall–Kier alpha value is -7.79. The first kappa shape index (κ1) is 36.1. The summed E-state index contributed by atoms with van der Waals surface area (Å²) in [6, 6.07) is 85.9. The third-order valence-electron chi connectivity index (χ3n) is 12.2. The van der Waals surface area contributed by atoms with Crippen molar-refractivity contribution in [2.45, 2.75) is 9.79 Å². The summed E-state index contributed by atoms with van der Waals surface area (Å²) in [5, 5.41) is 6.18. The largest absolute Gasteiger partial charge is 0.310 e. The Morgan fingerprint density at radius 3 is 1.50 bits per heavy atom. The van der Waals surface area contributed by atoms with Gasteiger partial charge in [-0.05, 0) is 117 Å². The monoisotopic (exact) mass is 809 g/mol. The van der Waals surface area contributed by atoms with Gasteiger partial charge in [-0.2, -0.15) is 0 Å². The van der Waals surface area contributed by atoms with Crippen LogP contribution in [0.4, 0.5) is 34.3 Å². The molecule has 0 saturated heterocycles. The van der Waals surface area contributed by atoms with Crippen LogP contribution in [0, 0.1) is 0 Å². The van der Waals surface area contributed by atoms with Gasteiger partial charge in [-0.25, -0.2) is 0 Å². The predicted molar refractivity (Wildman–Crippen MR) is 263 cm³/mol. The van der Waals surface area contributed by atoms with Crippen LogP contribution in [0.25, 0.3) is 60.4 Å². The molecule has 11 aromatic rings. The number of hydrogen-bond acceptors (Lipinski definition) is 3. The highest BCUT2D eigenvalue weighted by atomic mass is 32.2. The summed E-state index contributed by atoms with van der Waals surface area (Å²) in [4.78, 5) is 7.33. The number of anilines is 6. The number of rotatable bonds is 7. The van der Waals surface area contributed by atoms with Gasteiger partial charge in [0.15, 0.2) is 0 Å². The summed E-state index contributed by atoms with van der Waals surface area (Å²) < 4.78 is 2.45. The van der Waals surface area contributed by atoms with Gasteiger partial charge >= 0.3 is 0 Å². The maximum atomic E-state index is 2.45. The van der Waals surface area contributed by atoms with Gasteiger partial charge in [0, 0.05) is 33.0 Å². The van der Waals surface area contributed by atoms with E-state index in [4.69, 9.17) is 0 Å². The lowest BCUT2D eigenvalue weighted by molar-refractivity contribution is 1.03. The molecule has 0 fully saturated rings. The van der Waals surface area contributed by atoms with Crippen molar-refractivity contribution >= 4 is 78.5 Å². The summed E-state index contributed by atoms with van der Waals surface area (Å²) >= 11 is 1.86. The number of aromatic nitrogens is 1. The minimum Gasteiger partial charge on any atom is -0.310 e. The first-order chi connectivity index (χ1) is 30.8. The normalized spacial score (nSPS) is 12.1. The molecule has 0 spiro atoms. The Morgan fingerprint density at radius 1 is 0.387 bits per heavy atom. The van der Waals surface area contributed by atoms with Gasteiger partial charge in [-0.1, -0.05) is 176 Å². The Labute approximate surface area is 365 Å². The molecule has 4 heteroatoms. The zero-order chi connectivity index (χ0) is 41.0. The molecule has 12 rings (SSSR count). The lowest BCUT2D eigenvalue weighted by Gasteiger charge is -2.33. The molecular weight excluding hydrogens is 771 g/mol. The third kappa shape index (κ3) is 5.99. The second-order valence-electron chi connectivity index (χ2n) is 15.7. The minimum absolute atomic E-state index is 1.08. The standard InChI is InChI=1S/C58H39N3S/c1-3-20-44(21-4-1)60-52-28-11-12-31-55(52)62-57-56-53(29-15-30-54(56)61(58(57)60)45-22-5-2-6-23-45)59(46-36-32-42(33-37-46)50-26-13-18-40-16-7-9-24-48(40)50)47-38-34-43(35-39-47)51-27-14-19-41-17-8-10-25-49(41)51/h1-39H. The van der Waals surface area contributed by atoms with Crippen LogP contribution in [0.1, 0.15) is 0 Å². The van der Waals surface area contributed by atoms with Crippen molar-refractivity contribution in [3.8, 4) is 27.9 Å². The fourth-order valence-corrected chi connectivity index (χ4v) is 10.6. The van der Waals surface area contributed by atoms with Crippen molar-refractivity contribution in [3.05, 3.63) is 237 Å². The maximum absolute atomic E-state index is 2.45. The van der Waals surface area contributed by atoms with Crippen molar-refractivity contribution in [3.63, 3.8) is 0 Å². The first-order valence-corrected chi connectivity index (χ1v) is 21.9. The number of nitrogens with zero attached hydrogens (tertiary/aromatic N) is 3. The van der Waals surface area contributed by atoms with Crippen LogP contribution in [-0.4, -0.2) is 4.57 Å². The third-order valence-corrected chi connectivity index (χ3v) is 13.3. The minimum atomic E-state index is 1.08. The van der Waals surface area contributed by atoms with Crippen LogP contribution >= 0.6 is 11.8 Å². The highest BCUT2D eigenvalue weighted by Gasteiger charge is 2.34. The Kier molecular flexibility index (Phi) is 8.75. The van der Waals surface area contributed by atoms with Gasteiger partial charge in [0.2, 0.25) is 0 Å². The van der Waals surface area contributed by atoms with Crippen LogP contribution in [0.5, 0.6) is 0 Å². The van der Waals surface area contributed by atoms with E-state index in [1.165, 1.54) is 64.7 Å². The molecule has 0 saturated carbocycles. The van der Waals surface area contributed by atoms with E-state index in [0.29, 0.717) is 0 Å². The molecule has 1 aliphatic heterocycles. The van der Waals surface area contributed by atoms with Crippen LogP contribution in [0.15, 0.2) is 246 Å². The molecule has 2 heterocycles. The van der Waals surface area contributed by atoms with E-state index in [0.717, 1.165) is 39.8 Å². The Morgan fingerprint density at radius 2 is 0.887 bits per heavy atom. The average Bonchev–Trinajstić information content (AvgIpc) is 3.68. The summed E-state index contributed by atoms with van der Waals surface area (Å²) in [5.41, 5.74) is 12.7.